The molecule has 0 aromatic carbocycles. The molecule has 0 aliphatic carbocycles. The van der Waals surface area contributed by atoms with Gasteiger partial charge in [-0.15, -0.1) is 11.3 Å². The summed E-state index contributed by atoms with van der Waals surface area (Å²) in [4.78, 5) is 5.51. The van der Waals surface area contributed by atoms with Gasteiger partial charge in [0.25, 0.3) is 0 Å². The van der Waals surface area contributed by atoms with Crippen LogP contribution in [0.15, 0.2) is 29.6 Å². The zero-order valence-electron chi connectivity index (χ0n) is 7.69. The highest BCUT2D eigenvalue weighted by atomic mass is 32.1. The molecule has 2 aromatic rings. The Balaban J connectivity index is 2.49. The molecule has 0 saturated heterocycles. The molecule has 2 heterocycles. The van der Waals surface area contributed by atoms with Gasteiger partial charge in [-0.2, -0.15) is 5.26 Å². The zero-order chi connectivity index (χ0) is 9.97. The van der Waals surface area contributed by atoms with Crippen molar-refractivity contribution in [2.75, 3.05) is 0 Å². The van der Waals surface area contributed by atoms with Gasteiger partial charge in [0.1, 0.15) is 6.07 Å². The molecular weight excluding hydrogens is 192 g/mol. The van der Waals surface area contributed by atoms with E-state index in [1.165, 1.54) is 0 Å². The van der Waals surface area contributed by atoms with Crippen molar-refractivity contribution in [2.45, 2.75) is 6.92 Å². The summed E-state index contributed by atoms with van der Waals surface area (Å²) in [5, 5.41) is 10.8. The molecule has 0 saturated carbocycles. The zero-order valence-corrected chi connectivity index (χ0v) is 8.51. The minimum Gasteiger partial charge on any atom is -0.251 e. The predicted octanol–water partition coefficient (Wildman–Crippen LogP) is 2.99. The minimum atomic E-state index is 0.644. The first kappa shape index (κ1) is 8.92. The van der Waals surface area contributed by atoms with E-state index in [-0.39, 0.29) is 0 Å². The molecule has 2 nitrogen and oxygen atoms in total. The quantitative estimate of drug-likeness (QED) is 0.709. The van der Waals surface area contributed by atoms with E-state index in [1.54, 1.807) is 11.3 Å². The van der Waals surface area contributed by atoms with Crippen molar-refractivity contribution in [1.29, 1.82) is 5.26 Å². The van der Waals surface area contributed by atoms with Crippen molar-refractivity contribution in [3.8, 4) is 16.6 Å². The van der Waals surface area contributed by atoms with Gasteiger partial charge in [0.2, 0.25) is 0 Å². The SMILES string of the molecule is Cc1nc(-c2cccs2)ccc1C#N. The Morgan fingerprint density at radius 3 is 2.79 bits per heavy atom. The first-order valence-electron chi connectivity index (χ1n) is 4.23. The highest BCUT2D eigenvalue weighted by Crippen LogP contribution is 2.23. The maximum atomic E-state index is 8.75. The molecular formula is C11H8N2S. The van der Waals surface area contributed by atoms with Gasteiger partial charge in [-0.25, -0.2) is 0 Å². The van der Waals surface area contributed by atoms with Crippen LogP contribution in [-0.4, -0.2) is 4.98 Å². The third-order valence-electron chi connectivity index (χ3n) is 1.98. The molecule has 0 N–H and O–H groups in total. The number of aromatic nitrogens is 1. The Morgan fingerprint density at radius 1 is 1.36 bits per heavy atom. The second kappa shape index (κ2) is 3.60. The summed E-state index contributed by atoms with van der Waals surface area (Å²) in [6.07, 6.45) is 0. The fourth-order valence-corrected chi connectivity index (χ4v) is 1.94. The highest BCUT2D eigenvalue weighted by Gasteiger charge is 2.03. The Morgan fingerprint density at radius 2 is 2.21 bits per heavy atom. The van der Waals surface area contributed by atoms with E-state index >= 15 is 0 Å². The molecule has 2 rings (SSSR count). The van der Waals surface area contributed by atoms with Crippen LogP contribution in [0.1, 0.15) is 11.3 Å². The van der Waals surface area contributed by atoms with Crippen LogP contribution in [0.25, 0.3) is 10.6 Å². The fourth-order valence-electron chi connectivity index (χ4n) is 1.24. The molecule has 0 spiro atoms. The van der Waals surface area contributed by atoms with Crippen LogP contribution in [-0.2, 0) is 0 Å². The molecule has 0 radical (unpaired) electrons. The third kappa shape index (κ3) is 1.52. The fraction of sp³-hybridized carbons (Fsp3) is 0.0909. The van der Waals surface area contributed by atoms with Gasteiger partial charge < -0.3 is 0 Å². The minimum absolute atomic E-state index is 0.644. The van der Waals surface area contributed by atoms with E-state index < -0.39 is 0 Å². The van der Waals surface area contributed by atoms with Gasteiger partial charge in [-0.1, -0.05) is 6.07 Å². The maximum absolute atomic E-state index is 8.75. The van der Waals surface area contributed by atoms with Crippen LogP contribution in [0.5, 0.6) is 0 Å². The molecule has 2 aromatic heterocycles. The molecule has 14 heavy (non-hydrogen) atoms. The largest absolute Gasteiger partial charge is 0.251 e. The topological polar surface area (TPSA) is 36.7 Å². The summed E-state index contributed by atoms with van der Waals surface area (Å²) < 4.78 is 0. The van der Waals surface area contributed by atoms with Crippen LogP contribution in [0.4, 0.5) is 0 Å². The van der Waals surface area contributed by atoms with E-state index in [0.717, 1.165) is 16.3 Å². The van der Waals surface area contributed by atoms with E-state index in [9.17, 15) is 0 Å². The Labute approximate surface area is 86.5 Å². The average Bonchev–Trinajstić information content (AvgIpc) is 2.70. The molecule has 0 amide bonds. The smallest absolute Gasteiger partial charge is 0.101 e. The lowest BCUT2D eigenvalue weighted by Crippen LogP contribution is -1.89. The van der Waals surface area contributed by atoms with E-state index in [1.807, 2.05) is 36.6 Å². The summed E-state index contributed by atoms with van der Waals surface area (Å²) in [5.74, 6) is 0. The van der Waals surface area contributed by atoms with Gasteiger partial charge in [0, 0.05) is 0 Å². The lowest BCUT2D eigenvalue weighted by Gasteiger charge is -1.99. The van der Waals surface area contributed by atoms with Gasteiger partial charge in [-0.3, -0.25) is 4.98 Å². The molecule has 0 aliphatic rings. The second-order valence-corrected chi connectivity index (χ2v) is 3.87. The van der Waals surface area contributed by atoms with Gasteiger partial charge >= 0.3 is 0 Å². The molecule has 0 atom stereocenters. The van der Waals surface area contributed by atoms with Crippen molar-refractivity contribution in [1.82, 2.24) is 4.98 Å². The molecule has 0 aliphatic heterocycles. The Hall–Kier alpha value is -1.66. The lowest BCUT2D eigenvalue weighted by molar-refractivity contribution is 1.19. The van der Waals surface area contributed by atoms with Crippen molar-refractivity contribution in [3.63, 3.8) is 0 Å². The first-order chi connectivity index (χ1) is 6.81. The van der Waals surface area contributed by atoms with Crippen molar-refractivity contribution >= 4 is 11.3 Å². The number of aryl methyl sites for hydroxylation is 1. The third-order valence-corrected chi connectivity index (χ3v) is 2.87. The van der Waals surface area contributed by atoms with Crippen molar-refractivity contribution in [2.24, 2.45) is 0 Å². The van der Waals surface area contributed by atoms with Gasteiger partial charge in [0.05, 0.1) is 21.8 Å². The lowest BCUT2D eigenvalue weighted by atomic mass is 10.2. The molecule has 0 unspecified atom stereocenters. The van der Waals surface area contributed by atoms with Crippen LogP contribution in [0.3, 0.4) is 0 Å². The van der Waals surface area contributed by atoms with Crippen LogP contribution in [0, 0.1) is 18.3 Å². The van der Waals surface area contributed by atoms with Crippen molar-refractivity contribution < 1.29 is 0 Å². The number of nitrogens with zero attached hydrogens (tertiary/aromatic N) is 2. The standard InChI is InChI=1S/C11H8N2S/c1-8-9(7-12)4-5-10(13-8)11-3-2-6-14-11/h2-6H,1H3. The highest BCUT2D eigenvalue weighted by molar-refractivity contribution is 7.13. The van der Waals surface area contributed by atoms with Gasteiger partial charge in [-0.05, 0) is 30.5 Å². The maximum Gasteiger partial charge on any atom is 0.101 e. The van der Waals surface area contributed by atoms with Crippen LogP contribution < -0.4 is 0 Å². The number of rotatable bonds is 1. The predicted molar refractivity (Wildman–Crippen MR) is 57.0 cm³/mol. The average molecular weight is 200 g/mol. The first-order valence-corrected chi connectivity index (χ1v) is 5.11. The number of nitriles is 1. The number of thiophene rings is 1. The molecule has 3 heteroatoms. The normalized spacial score (nSPS) is 9.71. The monoisotopic (exact) mass is 200 g/mol. The van der Waals surface area contributed by atoms with Crippen LogP contribution in [0.2, 0.25) is 0 Å². The summed E-state index contributed by atoms with van der Waals surface area (Å²) >= 11 is 1.65. The summed E-state index contributed by atoms with van der Waals surface area (Å²) in [6, 6.07) is 9.83. The molecule has 68 valence electrons. The number of hydrogen-bond donors (Lipinski definition) is 0. The van der Waals surface area contributed by atoms with E-state index in [2.05, 4.69) is 11.1 Å². The molecule has 0 bridgehead atoms. The molecule has 0 fully saturated rings. The Kier molecular flexibility index (Phi) is 2.30. The summed E-state index contributed by atoms with van der Waals surface area (Å²) in [6.45, 7) is 1.86. The number of pyridine rings is 1. The Bertz CT molecular complexity index is 480. The summed E-state index contributed by atoms with van der Waals surface area (Å²) in [7, 11) is 0. The van der Waals surface area contributed by atoms with E-state index in [4.69, 9.17) is 5.26 Å². The summed E-state index contributed by atoms with van der Waals surface area (Å²) in [5.41, 5.74) is 2.38. The van der Waals surface area contributed by atoms with Gasteiger partial charge in [0.15, 0.2) is 0 Å². The van der Waals surface area contributed by atoms with E-state index in [0.29, 0.717) is 5.56 Å². The second-order valence-electron chi connectivity index (χ2n) is 2.92. The van der Waals surface area contributed by atoms with Crippen molar-refractivity contribution in [3.05, 3.63) is 40.9 Å². The van der Waals surface area contributed by atoms with Crippen LogP contribution >= 0.6 is 11.3 Å². The number of hydrogen-bond acceptors (Lipinski definition) is 3.